The first-order chi connectivity index (χ1) is 8.50. The molecular formula is C13H23NO4. The van der Waals surface area contributed by atoms with E-state index in [2.05, 4.69) is 5.32 Å². The van der Waals surface area contributed by atoms with Crippen LogP contribution in [0.2, 0.25) is 0 Å². The minimum atomic E-state index is -0.907. The van der Waals surface area contributed by atoms with Gasteiger partial charge in [-0.15, -0.1) is 0 Å². The van der Waals surface area contributed by atoms with Gasteiger partial charge in [-0.25, -0.2) is 0 Å². The summed E-state index contributed by atoms with van der Waals surface area (Å²) >= 11 is 0. The molecule has 0 aromatic rings. The van der Waals surface area contributed by atoms with Gasteiger partial charge in [0.15, 0.2) is 0 Å². The van der Waals surface area contributed by atoms with Gasteiger partial charge in [0.1, 0.15) is 0 Å². The Balaban J connectivity index is 2.67. The Hall–Kier alpha value is -1.10. The molecule has 0 heterocycles. The second-order valence-electron chi connectivity index (χ2n) is 5.33. The lowest BCUT2D eigenvalue weighted by molar-refractivity contribution is -0.153. The highest BCUT2D eigenvalue weighted by molar-refractivity contribution is 5.85. The van der Waals surface area contributed by atoms with E-state index in [1.165, 1.54) is 0 Å². The lowest BCUT2D eigenvalue weighted by atomic mass is 9.77. The van der Waals surface area contributed by atoms with E-state index in [0.717, 1.165) is 25.7 Å². The zero-order chi connectivity index (χ0) is 13.6. The Labute approximate surface area is 108 Å². The summed E-state index contributed by atoms with van der Waals surface area (Å²) in [5.41, 5.74) is -0.907. The van der Waals surface area contributed by atoms with E-state index in [1.54, 1.807) is 6.92 Å². The highest BCUT2D eigenvalue weighted by atomic mass is 16.4. The number of hydrogen-bond donors (Lipinski definition) is 3. The summed E-state index contributed by atoms with van der Waals surface area (Å²) in [6.07, 6.45) is 5.00. The second-order valence-corrected chi connectivity index (χ2v) is 5.33. The molecule has 5 heteroatoms. The number of rotatable bonds is 5. The molecule has 1 aliphatic rings. The van der Waals surface area contributed by atoms with Crippen molar-refractivity contribution in [2.24, 2.45) is 5.41 Å². The summed E-state index contributed by atoms with van der Waals surface area (Å²) in [6, 6.07) is -0.325. The highest BCUT2D eigenvalue weighted by Crippen LogP contribution is 2.38. The van der Waals surface area contributed by atoms with Crippen LogP contribution in [0.3, 0.4) is 0 Å². The fourth-order valence-corrected chi connectivity index (χ4v) is 2.55. The van der Waals surface area contributed by atoms with E-state index in [0.29, 0.717) is 12.8 Å². The molecule has 1 unspecified atom stereocenters. The molecule has 5 nitrogen and oxygen atoms in total. The minimum Gasteiger partial charge on any atom is -0.481 e. The maximum atomic E-state index is 11.8. The number of amides is 1. The van der Waals surface area contributed by atoms with Crippen LogP contribution in [0, 0.1) is 5.41 Å². The molecule has 0 aromatic heterocycles. The van der Waals surface area contributed by atoms with E-state index < -0.39 is 11.4 Å². The lowest BCUT2D eigenvalue weighted by Crippen LogP contribution is -2.41. The van der Waals surface area contributed by atoms with Crippen LogP contribution < -0.4 is 5.32 Å². The molecule has 3 N–H and O–H groups in total. The van der Waals surface area contributed by atoms with E-state index in [9.17, 15) is 14.7 Å². The quantitative estimate of drug-likeness (QED) is 0.648. The fraction of sp³-hybridized carbons (Fsp3) is 0.846. The summed E-state index contributed by atoms with van der Waals surface area (Å²) < 4.78 is 0. The number of nitrogens with one attached hydrogen (secondary N) is 1. The number of carboxylic acids is 1. The van der Waals surface area contributed by atoms with Gasteiger partial charge in [-0.05, 0) is 19.8 Å². The Morgan fingerprint density at radius 3 is 2.22 bits per heavy atom. The van der Waals surface area contributed by atoms with Crippen LogP contribution in [0.25, 0.3) is 0 Å². The number of aliphatic hydroxyl groups is 1. The maximum absolute atomic E-state index is 11.8. The van der Waals surface area contributed by atoms with Crippen molar-refractivity contribution < 1.29 is 19.8 Å². The highest BCUT2D eigenvalue weighted by Gasteiger charge is 2.40. The summed E-state index contributed by atoms with van der Waals surface area (Å²) in [5.74, 6) is -1.14. The van der Waals surface area contributed by atoms with Crippen LogP contribution in [0.15, 0.2) is 0 Å². The van der Waals surface area contributed by atoms with Gasteiger partial charge >= 0.3 is 5.97 Å². The zero-order valence-corrected chi connectivity index (χ0v) is 10.9. The Morgan fingerprint density at radius 2 is 1.78 bits per heavy atom. The Bertz CT molecular complexity index is 295. The van der Waals surface area contributed by atoms with Crippen LogP contribution in [0.4, 0.5) is 0 Å². The number of hydrogen-bond acceptors (Lipinski definition) is 3. The van der Waals surface area contributed by atoms with Crippen LogP contribution >= 0.6 is 0 Å². The monoisotopic (exact) mass is 257 g/mol. The third-order valence-electron chi connectivity index (χ3n) is 3.69. The van der Waals surface area contributed by atoms with Crippen molar-refractivity contribution in [1.29, 1.82) is 0 Å². The molecule has 1 atom stereocenters. The first kappa shape index (κ1) is 15.0. The van der Waals surface area contributed by atoms with Gasteiger partial charge in [0.05, 0.1) is 12.0 Å². The SMILES string of the molecule is CC(CO)NC(=O)CC1(C(=O)O)CCCCCC1. The van der Waals surface area contributed by atoms with Gasteiger partial charge in [0, 0.05) is 12.5 Å². The van der Waals surface area contributed by atoms with Crippen molar-refractivity contribution in [3.8, 4) is 0 Å². The van der Waals surface area contributed by atoms with E-state index >= 15 is 0 Å². The van der Waals surface area contributed by atoms with Crippen LogP contribution in [-0.4, -0.2) is 34.7 Å². The fourth-order valence-electron chi connectivity index (χ4n) is 2.55. The van der Waals surface area contributed by atoms with Crippen molar-refractivity contribution in [3.05, 3.63) is 0 Å². The van der Waals surface area contributed by atoms with Crippen LogP contribution in [0.5, 0.6) is 0 Å². The normalized spacial score (nSPS) is 20.8. The van der Waals surface area contributed by atoms with E-state index in [-0.39, 0.29) is 25.0 Å². The molecule has 104 valence electrons. The molecule has 1 aliphatic carbocycles. The number of aliphatic carboxylic acids is 1. The summed E-state index contributed by atoms with van der Waals surface area (Å²) in [5, 5.41) is 20.9. The average molecular weight is 257 g/mol. The first-order valence-electron chi connectivity index (χ1n) is 6.64. The third kappa shape index (κ3) is 3.98. The predicted octanol–water partition coefficient (Wildman–Crippen LogP) is 1.30. The van der Waals surface area contributed by atoms with Crippen LogP contribution in [-0.2, 0) is 9.59 Å². The maximum Gasteiger partial charge on any atom is 0.310 e. The summed E-state index contributed by atoms with van der Waals surface area (Å²) in [7, 11) is 0. The van der Waals surface area contributed by atoms with Crippen molar-refractivity contribution in [1.82, 2.24) is 5.32 Å². The van der Waals surface area contributed by atoms with Crippen molar-refractivity contribution >= 4 is 11.9 Å². The van der Waals surface area contributed by atoms with Crippen molar-refractivity contribution in [2.75, 3.05) is 6.61 Å². The molecule has 0 aliphatic heterocycles. The van der Waals surface area contributed by atoms with E-state index in [1.807, 2.05) is 0 Å². The molecule has 0 saturated heterocycles. The first-order valence-corrected chi connectivity index (χ1v) is 6.64. The summed E-state index contributed by atoms with van der Waals surface area (Å²) in [4.78, 5) is 23.3. The standard InChI is InChI=1S/C13H23NO4/c1-10(9-15)14-11(16)8-13(12(17)18)6-4-2-3-5-7-13/h10,15H,2-9H2,1H3,(H,14,16)(H,17,18). The minimum absolute atomic E-state index is 0.0205. The average Bonchev–Trinajstić information content (AvgIpc) is 2.55. The number of carboxylic acid groups (broad SMARTS) is 1. The molecule has 1 amide bonds. The Morgan fingerprint density at radius 1 is 1.22 bits per heavy atom. The van der Waals surface area contributed by atoms with Crippen LogP contribution in [0.1, 0.15) is 51.9 Å². The van der Waals surface area contributed by atoms with Gasteiger partial charge in [-0.1, -0.05) is 25.7 Å². The molecule has 1 rings (SSSR count). The Kier molecular flexibility index (Phi) is 5.59. The lowest BCUT2D eigenvalue weighted by Gasteiger charge is -2.27. The molecule has 0 spiro atoms. The van der Waals surface area contributed by atoms with Gasteiger partial charge in [-0.3, -0.25) is 9.59 Å². The van der Waals surface area contributed by atoms with Gasteiger partial charge in [-0.2, -0.15) is 0 Å². The molecule has 1 fully saturated rings. The topological polar surface area (TPSA) is 86.6 Å². The molecule has 0 aromatic carbocycles. The molecule has 18 heavy (non-hydrogen) atoms. The van der Waals surface area contributed by atoms with Gasteiger partial charge in [0.25, 0.3) is 0 Å². The molecular weight excluding hydrogens is 234 g/mol. The van der Waals surface area contributed by atoms with Gasteiger partial charge < -0.3 is 15.5 Å². The van der Waals surface area contributed by atoms with Crippen molar-refractivity contribution in [2.45, 2.75) is 57.9 Å². The van der Waals surface area contributed by atoms with E-state index in [4.69, 9.17) is 5.11 Å². The number of aliphatic hydroxyl groups excluding tert-OH is 1. The summed E-state index contributed by atoms with van der Waals surface area (Å²) in [6.45, 7) is 1.56. The smallest absolute Gasteiger partial charge is 0.310 e. The zero-order valence-electron chi connectivity index (χ0n) is 10.9. The number of carbonyl (C=O) groups is 2. The predicted molar refractivity (Wildman–Crippen MR) is 67.1 cm³/mol. The molecule has 0 bridgehead atoms. The van der Waals surface area contributed by atoms with Gasteiger partial charge in [0.2, 0.25) is 5.91 Å². The number of carbonyl (C=O) groups excluding carboxylic acids is 1. The third-order valence-corrected chi connectivity index (χ3v) is 3.69. The largest absolute Gasteiger partial charge is 0.481 e. The molecule has 0 radical (unpaired) electrons. The second kappa shape index (κ2) is 6.73. The van der Waals surface area contributed by atoms with Crippen molar-refractivity contribution in [3.63, 3.8) is 0 Å². The molecule has 1 saturated carbocycles.